The number of benzene rings is 1. The lowest BCUT2D eigenvalue weighted by Gasteiger charge is -2.21. The number of carbonyl (C=O) groups is 3. The van der Waals surface area contributed by atoms with Crippen molar-refractivity contribution in [3.05, 3.63) is 21.8 Å². The molecule has 0 aliphatic carbocycles. The summed E-state index contributed by atoms with van der Waals surface area (Å²) in [5.74, 6) is -1.71. The molecule has 0 fully saturated rings. The largest absolute Gasteiger partial charge is 0.394 e. The summed E-state index contributed by atoms with van der Waals surface area (Å²) in [6.07, 6.45) is -4.86. The van der Waals surface area contributed by atoms with E-state index in [9.17, 15) is 34.8 Å². The summed E-state index contributed by atoms with van der Waals surface area (Å²) in [7, 11) is 0. The zero-order valence-electron chi connectivity index (χ0n) is 18.6. The van der Waals surface area contributed by atoms with E-state index in [4.69, 9.17) is 10.2 Å². The summed E-state index contributed by atoms with van der Waals surface area (Å²) in [6, 6.07) is 0. The third-order valence-electron chi connectivity index (χ3n) is 4.58. The van der Waals surface area contributed by atoms with Gasteiger partial charge in [0.1, 0.15) is 0 Å². The van der Waals surface area contributed by atoms with Gasteiger partial charge >= 0.3 is 0 Å². The molecule has 0 bridgehead atoms. The minimum absolute atomic E-state index is 0.0756. The molecule has 0 saturated carbocycles. The van der Waals surface area contributed by atoms with E-state index < -0.39 is 55.4 Å². The van der Waals surface area contributed by atoms with Crippen LogP contribution in [0.3, 0.4) is 0 Å². The summed E-state index contributed by atoms with van der Waals surface area (Å²) in [5.41, 5.74) is 0.389. The van der Waals surface area contributed by atoms with E-state index in [0.717, 1.165) is 0 Å². The highest BCUT2D eigenvalue weighted by molar-refractivity contribution is 14.1. The van der Waals surface area contributed by atoms with Gasteiger partial charge in [0.05, 0.1) is 61.6 Å². The summed E-state index contributed by atoms with van der Waals surface area (Å²) < 4.78 is 0.975. The minimum atomic E-state index is -1.14. The molecule has 1 aromatic carbocycles. The number of carbonyl (C=O) groups excluding carboxylic acids is 3. The van der Waals surface area contributed by atoms with E-state index in [1.807, 2.05) is 67.8 Å². The standard InChI is InChI=1S/C20H28I3N3O9/c1-8(29)26-18-16(22)13(19(34)24-4-9(30)2-11(32)6-27)15(21)14(17(18)23)20(35)25-5-10(31)3-12(33)7-28/h9-12,27-28,30-33H,2-7H2,1H3,(H,24,34)(H,25,35)(H,26,29). The van der Waals surface area contributed by atoms with Crippen LogP contribution in [0.2, 0.25) is 0 Å². The molecule has 0 aromatic heterocycles. The van der Waals surface area contributed by atoms with Crippen molar-refractivity contribution < 1.29 is 45.0 Å². The Morgan fingerprint density at radius 1 is 0.714 bits per heavy atom. The average Bonchev–Trinajstić information content (AvgIpc) is 2.78. The van der Waals surface area contributed by atoms with Crippen LogP contribution in [0.15, 0.2) is 0 Å². The first-order valence-corrected chi connectivity index (χ1v) is 13.6. The normalized spacial score (nSPS) is 14.6. The van der Waals surface area contributed by atoms with Crippen LogP contribution in [0.1, 0.15) is 40.5 Å². The SMILES string of the molecule is CC(=O)Nc1c(I)c(C(=O)NCC(O)CC(O)CO)c(I)c(C(=O)NCC(O)CC(O)CO)c1I. The van der Waals surface area contributed by atoms with Gasteiger partial charge in [-0.25, -0.2) is 0 Å². The van der Waals surface area contributed by atoms with Crippen molar-refractivity contribution in [2.24, 2.45) is 0 Å². The Hall–Kier alpha value is -0.420. The van der Waals surface area contributed by atoms with Crippen molar-refractivity contribution in [2.45, 2.75) is 44.2 Å². The number of rotatable bonds is 13. The number of hydrogen-bond donors (Lipinski definition) is 9. The van der Waals surface area contributed by atoms with Crippen molar-refractivity contribution >= 4 is 91.2 Å². The topological polar surface area (TPSA) is 209 Å². The summed E-state index contributed by atoms with van der Waals surface area (Å²) in [6.45, 7) is -0.266. The Morgan fingerprint density at radius 2 is 1.09 bits per heavy atom. The van der Waals surface area contributed by atoms with Crippen molar-refractivity contribution in [1.82, 2.24) is 10.6 Å². The molecule has 4 atom stereocenters. The van der Waals surface area contributed by atoms with Gasteiger partial charge in [0, 0.05) is 36.4 Å². The zero-order valence-corrected chi connectivity index (χ0v) is 25.1. The van der Waals surface area contributed by atoms with Crippen molar-refractivity contribution in [2.75, 3.05) is 31.6 Å². The third-order valence-corrected chi connectivity index (χ3v) is 7.81. The molecule has 1 rings (SSSR count). The molecule has 15 heteroatoms. The lowest BCUT2D eigenvalue weighted by molar-refractivity contribution is -0.114. The number of halogens is 3. The summed E-state index contributed by atoms with van der Waals surface area (Å²) in [5, 5.41) is 64.3. The molecule has 0 saturated heterocycles. The molecule has 0 heterocycles. The molecular weight excluding hydrogens is 807 g/mol. The molecule has 198 valence electrons. The Morgan fingerprint density at radius 3 is 1.40 bits per heavy atom. The number of amides is 3. The molecule has 1 aromatic rings. The van der Waals surface area contributed by atoms with Gasteiger partial charge in [-0.15, -0.1) is 0 Å². The monoisotopic (exact) mass is 835 g/mol. The van der Waals surface area contributed by atoms with E-state index in [1.54, 1.807) is 0 Å². The lowest BCUT2D eigenvalue weighted by Crippen LogP contribution is -2.37. The van der Waals surface area contributed by atoms with Crippen LogP contribution in [0.4, 0.5) is 5.69 Å². The van der Waals surface area contributed by atoms with E-state index in [-0.39, 0.29) is 46.3 Å². The highest BCUT2D eigenvalue weighted by Crippen LogP contribution is 2.35. The third kappa shape index (κ3) is 10.1. The molecule has 0 radical (unpaired) electrons. The molecule has 9 N–H and O–H groups in total. The minimum Gasteiger partial charge on any atom is -0.394 e. The van der Waals surface area contributed by atoms with Gasteiger partial charge in [0.15, 0.2) is 0 Å². The van der Waals surface area contributed by atoms with E-state index >= 15 is 0 Å². The van der Waals surface area contributed by atoms with Crippen LogP contribution >= 0.6 is 67.8 Å². The quantitative estimate of drug-likeness (QED) is 0.113. The molecule has 35 heavy (non-hydrogen) atoms. The van der Waals surface area contributed by atoms with E-state index in [0.29, 0.717) is 7.14 Å². The Balaban J connectivity index is 3.27. The lowest BCUT2D eigenvalue weighted by atomic mass is 10.1. The molecule has 0 spiro atoms. The van der Waals surface area contributed by atoms with Crippen molar-refractivity contribution in [3.63, 3.8) is 0 Å². The highest BCUT2D eigenvalue weighted by Gasteiger charge is 2.29. The van der Waals surface area contributed by atoms with Crippen LogP contribution in [0, 0.1) is 10.7 Å². The first kappa shape index (κ1) is 32.6. The van der Waals surface area contributed by atoms with Gasteiger partial charge in [-0.1, -0.05) is 0 Å². The maximum absolute atomic E-state index is 13.0. The molecule has 3 amide bonds. The summed E-state index contributed by atoms with van der Waals surface area (Å²) >= 11 is 5.56. The van der Waals surface area contributed by atoms with Gasteiger partial charge < -0.3 is 46.6 Å². The number of nitrogens with one attached hydrogen (secondary N) is 3. The first-order valence-electron chi connectivity index (χ1n) is 10.3. The van der Waals surface area contributed by atoms with Crippen LogP contribution < -0.4 is 16.0 Å². The number of anilines is 1. The maximum Gasteiger partial charge on any atom is 0.253 e. The van der Waals surface area contributed by atoms with Crippen molar-refractivity contribution in [3.8, 4) is 0 Å². The van der Waals surface area contributed by atoms with Gasteiger partial charge in [0.2, 0.25) is 5.91 Å². The predicted molar refractivity (Wildman–Crippen MR) is 151 cm³/mol. The van der Waals surface area contributed by atoms with Crippen molar-refractivity contribution in [1.29, 1.82) is 0 Å². The average molecular weight is 835 g/mol. The van der Waals surface area contributed by atoms with E-state index in [2.05, 4.69) is 16.0 Å². The molecule has 0 aliphatic heterocycles. The van der Waals surface area contributed by atoms with Crippen LogP contribution in [0.5, 0.6) is 0 Å². The second-order valence-corrected chi connectivity index (χ2v) is 10.9. The Kier molecular flexibility index (Phi) is 14.7. The molecule has 0 aliphatic rings. The molecular formula is C20H28I3N3O9. The zero-order chi connectivity index (χ0) is 26.9. The second-order valence-electron chi connectivity index (χ2n) is 7.62. The van der Waals surface area contributed by atoms with Crippen LogP contribution in [0.25, 0.3) is 0 Å². The van der Waals surface area contributed by atoms with Gasteiger partial charge in [-0.05, 0) is 67.8 Å². The number of aliphatic hydroxyl groups is 6. The van der Waals surface area contributed by atoms with E-state index in [1.165, 1.54) is 6.92 Å². The number of hydrogen-bond acceptors (Lipinski definition) is 9. The van der Waals surface area contributed by atoms with Gasteiger partial charge in [0.25, 0.3) is 11.8 Å². The summed E-state index contributed by atoms with van der Waals surface area (Å²) in [4.78, 5) is 37.8. The van der Waals surface area contributed by atoms with Gasteiger partial charge in [-0.2, -0.15) is 0 Å². The van der Waals surface area contributed by atoms with Crippen LogP contribution in [-0.4, -0.2) is 99.1 Å². The first-order chi connectivity index (χ1) is 16.3. The van der Waals surface area contributed by atoms with Gasteiger partial charge in [-0.3, -0.25) is 14.4 Å². The maximum atomic E-state index is 13.0. The fourth-order valence-corrected chi connectivity index (χ4v) is 7.31. The fraction of sp³-hybridized carbons (Fsp3) is 0.550. The van der Waals surface area contributed by atoms with Crippen LogP contribution in [-0.2, 0) is 4.79 Å². The Bertz CT molecular complexity index is 859. The Labute approximate surface area is 242 Å². The molecule has 4 unspecified atom stereocenters. The fourth-order valence-electron chi connectivity index (χ4n) is 2.89. The molecule has 12 nitrogen and oxygen atoms in total. The smallest absolute Gasteiger partial charge is 0.253 e. The highest BCUT2D eigenvalue weighted by atomic mass is 127. The number of aliphatic hydroxyl groups excluding tert-OH is 6. The second kappa shape index (κ2) is 15.7. The predicted octanol–water partition coefficient (Wildman–Crippen LogP) is -0.873.